The van der Waals surface area contributed by atoms with Crippen molar-refractivity contribution in [3.63, 3.8) is 0 Å². The summed E-state index contributed by atoms with van der Waals surface area (Å²) in [7, 11) is 1.27. The number of hydrogen-bond donors (Lipinski definition) is 2. The monoisotopic (exact) mass is 547 g/mol. The van der Waals surface area contributed by atoms with Crippen molar-refractivity contribution >= 4 is 29.1 Å². The molecule has 11 nitrogen and oxygen atoms in total. The van der Waals surface area contributed by atoms with Gasteiger partial charge in [0.1, 0.15) is 23.4 Å². The summed E-state index contributed by atoms with van der Waals surface area (Å²) in [5, 5.41) is 6.71. The smallest absolute Gasteiger partial charge is 0.382 e. The van der Waals surface area contributed by atoms with Gasteiger partial charge in [-0.05, 0) is 32.0 Å². The Balaban J connectivity index is 1.88. The Labute approximate surface area is 221 Å². The first kappa shape index (κ1) is 27.8. The molecule has 2 aromatic heterocycles. The molecule has 0 radical (unpaired) electrons. The maximum atomic E-state index is 14.1. The van der Waals surface area contributed by atoms with Crippen LogP contribution in [0.3, 0.4) is 0 Å². The third-order valence-electron chi connectivity index (χ3n) is 6.79. The van der Waals surface area contributed by atoms with Gasteiger partial charge in [0.2, 0.25) is 11.8 Å². The average Bonchev–Trinajstić information content (AvgIpc) is 3.28. The number of amides is 3. The second-order valence-electron chi connectivity index (χ2n) is 9.56. The van der Waals surface area contributed by atoms with Crippen LogP contribution in [-0.2, 0) is 20.5 Å². The highest BCUT2D eigenvalue weighted by molar-refractivity contribution is 5.95. The highest BCUT2D eigenvalue weighted by atomic mass is 19.4. The molecule has 1 aromatic carbocycles. The molecule has 3 amide bonds. The lowest BCUT2D eigenvalue weighted by Gasteiger charge is -2.48. The van der Waals surface area contributed by atoms with Gasteiger partial charge in [0, 0.05) is 32.7 Å². The fraction of sp³-hybridized carbons (Fsp3) is 0.400. The molecule has 4 rings (SSSR count). The summed E-state index contributed by atoms with van der Waals surface area (Å²) >= 11 is 0. The minimum absolute atomic E-state index is 0.00458. The van der Waals surface area contributed by atoms with E-state index in [0.29, 0.717) is 0 Å². The molecule has 14 heteroatoms. The molecule has 1 saturated heterocycles. The molecular formula is C25H28F3N7O4. The molecule has 2 atom stereocenters. The lowest BCUT2D eigenvalue weighted by Crippen LogP contribution is -2.67. The van der Waals surface area contributed by atoms with Gasteiger partial charge < -0.3 is 25.6 Å². The highest BCUT2D eigenvalue weighted by Crippen LogP contribution is 2.39. The van der Waals surface area contributed by atoms with Gasteiger partial charge in [-0.2, -0.15) is 18.3 Å². The quantitative estimate of drug-likeness (QED) is 0.483. The van der Waals surface area contributed by atoms with Crippen LogP contribution in [0.15, 0.2) is 42.7 Å². The van der Waals surface area contributed by atoms with Gasteiger partial charge in [0.15, 0.2) is 12.0 Å². The van der Waals surface area contributed by atoms with Crippen LogP contribution in [0.1, 0.15) is 48.4 Å². The molecule has 1 aliphatic rings. The number of nitrogens with zero attached hydrogens (tertiary/aromatic N) is 5. The highest BCUT2D eigenvalue weighted by Gasteiger charge is 2.48. The molecule has 3 heterocycles. The SMILES string of the molecule is COC(C(NC(=O)c1ccccc1)c1cc(C(F)(F)F)c2c(N)ncnn12)N1CCN(C(C)=O)C(C)(C)C1=O. The maximum Gasteiger partial charge on any atom is 0.418 e. The number of methoxy groups -OCH3 is 1. The fourth-order valence-corrected chi connectivity index (χ4v) is 4.93. The Morgan fingerprint density at radius 2 is 1.85 bits per heavy atom. The second kappa shape index (κ2) is 10.2. The minimum Gasteiger partial charge on any atom is -0.382 e. The Kier molecular flexibility index (Phi) is 7.25. The van der Waals surface area contributed by atoms with Crippen LogP contribution in [0.25, 0.3) is 5.52 Å². The van der Waals surface area contributed by atoms with Gasteiger partial charge in [-0.3, -0.25) is 14.4 Å². The van der Waals surface area contributed by atoms with E-state index in [1.807, 2.05) is 0 Å². The Morgan fingerprint density at radius 3 is 2.44 bits per heavy atom. The molecule has 39 heavy (non-hydrogen) atoms. The number of nitrogens with two attached hydrogens (primary N) is 1. The van der Waals surface area contributed by atoms with Gasteiger partial charge in [-0.15, -0.1) is 0 Å². The van der Waals surface area contributed by atoms with Crippen LogP contribution < -0.4 is 11.1 Å². The number of alkyl halides is 3. The number of anilines is 1. The first-order valence-corrected chi connectivity index (χ1v) is 12.0. The van der Waals surface area contributed by atoms with E-state index in [-0.39, 0.29) is 30.3 Å². The van der Waals surface area contributed by atoms with Crippen LogP contribution in [0.2, 0.25) is 0 Å². The molecule has 1 aliphatic heterocycles. The maximum absolute atomic E-state index is 14.1. The summed E-state index contributed by atoms with van der Waals surface area (Å²) < 4.78 is 48.9. The third-order valence-corrected chi connectivity index (χ3v) is 6.79. The van der Waals surface area contributed by atoms with E-state index in [1.165, 1.54) is 36.0 Å². The van der Waals surface area contributed by atoms with Gasteiger partial charge >= 0.3 is 6.18 Å². The van der Waals surface area contributed by atoms with Crippen LogP contribution in [0.5, 0.6) is 0 Å². The Hall–Kier alpha value is -4.20. The molecule has 208 valence electrons. The standard InChI is InChI=1S/C25H28F3N7O4/c1-14(36)34-11-10-33(23(38)24(34,2)3)22(39-4)18(32-21(37)15-8-6-5-7-9-15)17-12-16(25(26,27)28)19-20(29)30-13-31-35(17)19/h5-9,12-13,18,22H,10-11H2,1-4H3,(H,32,37)(H2,29,30,31). The number of nitrogens with one attached hydrogen (secondary N) is 1. The summed E-state index contributed by atoms with van der Waals surface area (Å²) in [5.41, 5.74) is 3.03. The zero-order chi connectivity index (χ0) is 28.7. The summed E-state index contributed by atoms with van der Waals surface area (Å²) in [5.74, 6) is -1.86. The van der Waals surface area contributed by atoms with Crippen molar-refractivity contribution in [1.29, 1.82) is 0 Å². The van der Waals surface area contributed by atoms with E-state index >= 15 is 0 Å². The normalized spacial score (nSPS) is 17.3. The molecule has 0 bridgehead atoms. The summed E-state index contributed by atoms with van der Waals surface area (Å²) in [4.78, 5) is 45.5. The number of nitrogen functional groups attached to an aromatic ring is 1. The zero-order valence-electron chi connectivity index (χ0n) is 21.7. The molecule has 2 unspecified atom stereocenters. The largest absolute Gasteiger partial charge is 0.418 e. The number of aromatic nitrogens is 3. The number of ether oxygens (including phenoxy) is 1. The molecule has 3 aromatic rings. The molecule has 0 saturated carbocycles. The number of piperazine rings is 1. The van der Waals surface area contributed by atoms with Crippen molar-refractivity contribution in [2.45, 2.75) is 44.8 Å². The van der Waals surface area contributed by atoms with Crippen LogP contribution in [-0.4, -0.2) is 74.1 Å². The van der Waals surface area contributed by atoms with Crippen LogP contribution in [0.4, 0.5) is 19.0 Å². The number of benzene rings is 1. The van der Waals surface area contributed by atoms with E-state index in [2.05, 4.69) is 15.4 Å². The summed E-state index contributed by atoms with van der Waals surface area (Å²) in [6.07, 6.45) is -5.12. The van der Waals surface area contributed by atoms with Gasteiger partial charge in [-0.25, -0.2) is 9.50 Å². The zero-order valence-corrected chi connectivity index (χ0v) is 21.7. The van der Waals surface area contributed by atoms with Gasteiger partial charge in [0.05, 0.1) is 11.3 Å². The Bertz CT molecular complexity index is 1410. The summed E-state index contributed by atoms with van der Waals surface area (Å²) in [6, 6.07) is 7.50. The van der Waals surface area contributed by atoms with E-state index in [9.17, 15) is 27.6 Å². The molecular weight excluding hydrogens is 519 g/mol. The number of halogens is 3. The second-order valence-corrected chi connectivity index (χ2v) is 9.56. The number of hydrogen-bond acceptors (Lipinski definition) is 7. The first-order chi connectivity index (χ1) is 18.3. The predicted molar refractivity (Wildman–Crippen MR) is 133 cm³/mol. The Morgan fingerprint density at radius 1 is 1.18 bits per heavy atom. The fourth-order valence-electron chi connectivity index (χ4n) is 4.93. The van der Waals surface area contributed by atoms with E-state index in [0.717, 1.165) is 16.9 Å². The lowest BCUT2D eigenvalue weighted by atomic mass is 9.96. The topological polar surface area (TPSA) is 135 Å². The van der Waals surface area contributed by atoms with Crippen molar-refractivity contribution in [1.82, 2.24) is 29.7 Å². The van der Waals surface area contributed by atoms with Crippen molar-refractivity contribution in [2.75, 3.05) is 25.9 Å². The van der Waals surface area contributed by atoms with E-state index in [1.54, 1.807) is 32.0 Å². The van der Waals surface area contributed by atoms with Crippen molar-refractivity contribution in [3.8, 4) is 0 Å². The van der Waals surface area contributed by atoms with Crippen LogP contribution >= 0.6 is 0 Å². The van der Waals surface area contributed by atoms with Crippen molar-refractivity contribution in [2.24, 2.45) is 0 Å². The minimum atomic E-state index is -4.83. The number of carbonyl (C=O) groups is 3. The lowest BCUT2D eigenvalue weighted by molar-refractivity contribution is -0.172. The summed E-state index contributed by atoms with van der Waals surface area (Å²) in [6.45, 7) is 4.62. The third kappa shape index (κ3) is 4.99. The number of rotatable bonds is 6. The van der Waals surface area contributed by atoms with E-state index in [4.69, 9.17) is 10.5 Å². The predicted octanol–water partition coefficient (Wildman–Crippen LogP) is 2.24. The number of carbonyl (C=O) groups excluding carboxylic acids is 3. The molecule has 1 fully saturated rings. The van der Waals surface area contributed by atoms with Crippen molar-refractivity contribution in [3.05, 3.63) is 59.5 Å². The van der Waals surface area contributed by atoms with Crippen LogP contribution in [0, 0.1) is 0 Å². The average molecular weight is 548 g/mol. The first-order valence-electron chi connectivity index (χ1n) is 12.0. The van der Waals surface area contributed by atoms with E-state index < -0.39 is 52.7 Å². The van der Waals surface area contributed by atoms with Gasteiger partial charge in [-0.1, -0.05) is 18.2 Å². The molecule has 3 N–H and O–H groups in total. The number of fused-ring (bicyclic) bond motifs is 1. The van der Waals surface area contributed by atoms with Crippen molar-refractivity contribution < 1.29 is 32.3 Å². The molecule has 0 spiro atoms. The van der Waals surface area contributed by atoms with Gasteiger partial charge in [0.25, 0.3) is 5.91 Å². The molecule has 0 aliphatic carbocycles.